The molecule has 0 aliphatic heterocycles. The molecule has 0 aromatic heterocycles. The number of rotatable bonds is 16. The Morgan fingerprint density at radius 3 is 1.97 bits per heavy atom. The minimum Gasteiger partial charge on any atom is -0.481 e. The Bertz CT molecular complexity index is 894. The number of carboxylic acids is 2. The summed E-state index contributed by atoms with van der Waals surface area (Å²) >= 11 is 0. The van der Waals surface area contributed by atoms with Gasteiger partial charge in [-0.3, -0.25) is 19.2 Å². The molecule has 1 rings (SSSR count). The monoisotopic (exact) mass is 507 g/mol. The Kier molecular flexibility index (Phi) is 13.1. The highest BCUT2D eigenvalue weighted by Crippen LogP contribution is 2.08. The first-order valence-electron chi connectivity index (χ1n) is 11.8. The van der Waals surface area contributed by atoms with Crippen LogP contribution >= 0.6 is 0 Å². The highest BCUT2D eigenvalue weighted by Gasteiger charge is 2.32. The Balaban J connectivity index is 3.07. The molecule has 12 nitrogen and oxygen atoms in total. The molecule has 4 atom stereocenters. The Morgan fingerprint density at radius 1 is 0.861 bits per heavy atom. The number of carbonyl (C=O) groups excluding carboxylic acids is 3. The van der Waals surface area contributed by atoms with Gasteiger partial charge in [-0.15, -0.1) is 0 Å². The van der Waals surface area contributed by atoms with Crippen LogP contribution in [0.2, 0.25) is 0 Å². The predicted octanol–water partition coefficient (Wildman–Crippen LogP) is -0.645. The number of aliphatic carboxylic acids is 2. The summed E-state index contributed by atoms with van der Waals surface area (Å²) in [6.45, 7) is 3.68. The maximum Gasteiger partial charge on any atom is 0.326 e. The van der Waals surface area contributed by atoms with Crippen LogP contribution in [-0.2, 0) is 30.4 Å². The summed E-state index contributed by atoms with van der Waals surface area (Å²) in [5, 5.41) is 25.9. The molecule has 0 bridgehead atoms. The molecule has 0 heterocycles. The van der Waals surface area contributed by atoms with Crippen molar-refractivity contribution in [1.82, 2.24) is 16.0 Å². The molecule has 9 N–H and O–H groups in total. The predicted molar refractivity (Wildman–Crippen MR) is 132 cm³/mol. The lowest BCUT2D eigenvalue weighted by Gasteiger charge is -2.25. The van der Waals surface area contributed by atoms with Gasteiger partial charge in [0.25, 0.3) is 0 Å². The normalized spacial score (nSPS) is 14.2. The van der Waals surface area contributed by atoms with Gasteiger partial charge in [-0.25, -0.2) is 4.79 Å². The van der Waals surface area contributed by atoms with E-state index >= 15 is 0 Å². The van der Waals surface area contributed by atoms with Gasteiger partial charge < -0.3 is 37.6 Å². The molecule has 0 aliphatic rings. The van der Waals surface area contributed by atoms with Crippen LogP contribution in [0.15, 0.2) is 30.3 Å². The molecule has 1 aromatic rings. The minimum absolute atomic E-state index is 0.00912. The maximum absolute atomic E-state index is 13.0. The lowest BCUT2D eigenvalue weighted by atomic mass is 10.0. The first-order chi connectivity index (χ1) is 17.0. The number of nitrogens with one attached hydrogen (secondary N) is 3. The molecule has 0 aliphatic carbocycles. The topological polar surface area (TPSA) is 214 Å². The van der Waals surface area contributed by atoms with Crippen LogP contribution in [0, 0.1) is 5.92 Å². The Morgan fingerprint density at radius 2 is 1.44 bits per heavy atom. The van der Waals surface area contributed by atoms with E-state index in [2.05, 4.69) is 16.0 Å². The zero-order chi connectivity index (χ0) is 27.3. The number of hydrogen-bond acceptors (Lipinski definition) is 7. The van der Waals surface area contributed by atoms with Crippen LogP contribution < -0.4 is 27.4 Å². The fourth-order valence-electron chi connectivity index (χ4n) is 3.40. The fraction of sp³-hybridized carbons (Fsp3) is 0.542. The molecule has 4 unspecified atom stereocenters. The summed E-state index contributed by atoms with van der Waals surface area (Å²) in [5.41, 5.74) is 12.0. The van der Waals surface area contributed by atoms with Crippen molar-refractivity contribution in [2.45, 2.75) is 70.1 Å². The highest BCUT2D eigenvalue weighted by molar-refractivity contribution is 5.95. The quantitative estimate of drug-likeness (QED) is 0.141. The van der Waals surface area contributed by atoms with E-state index in [-0.39, 0.29) is 6.42 Å². The van der Waals surface area contributed by atoms with Crippen molar-refractivity contribution < 1.29 is 34.2 Å². The number of carboxylic acid groups (broad SMARTS) is 2. The zero-order valence-corrected chi connectivity index (χ0v) is 20.6. The maximum atomic E-state index is 13.0. The minimum atomic E-state index is -1.50. The SMILES string of the molecule is CC(C)C(NC(=O)C(Cc1ccccc1)NC(=O)C(CC(=O)O)NC(=O)C(N)CCCCN)C(=O)O. The summed E-state index contributed by atoms with van der Waals surface area (Å²) in [7, 11) is 0. The molecular weight excluding hydrogens is 470 g/mol. The zero-order valence-electron chi connectivity index (χ0n) is 20.6. The van der Waals surface area contributed by atoms with Crippen LogP contribution in [-0.4, -0.2) is 70.6 Å². The number of nitrogens with two attached hydrogens (primary N) is 2. The lowest BCUT2D eigenvalue weighted by molar-refractivity contribution is -0.144. The van der Waals surface area contributed by atoms with Crippen molar-refractivity contribution in [1.29, 1.82) is 0 Å². The summed E-state index contributed by atoms with van der Waals surface area (Å²) in [5.74, 6) is -5.38. The van der Waals surface area contributed by atoms with E-state index in [1.807, 2.05) is 0 Å². The van der Waals surface area contributed by atoms with Crippen LogP contribution in [0.5, 0.6) is 0 Å². The molecule has 0 saturated carbocycles. The van der Waals surface area contributed by atoms with Gasteiger partial charge in [0.05, 0.1) is 12.5 Å². The molecule has 1 aromatic carbocycles. The van der Waals surface area contributed by atoms with E-state index in [9.17, 15) is 34.2 Å². The average Bonchev–Trinajstić information content (AvgIpc) is 2.81. The first kappa shape index (κ1) is 30.5. The molecule has 0 radical (unpaired) electrons. The van der Waals surface area contributed by atoms with Crippen molar-refractivity contribution in [3.8, 4) is 0 Å². The number of carbonyl (C=O) groups is 5. The van der Waals surface area contributed by atoms with Crippen molar-refractivity contribution in [2.75, 3.05) is 6.54 Å². The summed E-state index contributed by atoms with van der Waals surface area (Å²) in [6, 6.07) is 3.79. The molecule has 0 fully saturated rings. The Labute approximate surface area is 210 Å². The molecule has 36 heavy (non-hydrogen) atoms. The van der Waals surface area contributed by atoms with E-state index in [1.165, 1.54) is 0 Å². The van der Waals surface area contributed by atoms with E-state index in [0.29, 0.717) is 31.4 Å². The number of benzene rings is 1. The average molecular weight is 508 g/mol. The number of hydrogen-bond donors (Lipinski definition) is 7. The van der Waals surface area contributed by atoms with Crippen molar-refractivity contribution in [2.24, 2.45) is 17.4 Å². The van der Waals surface area contributed by atoms with Gasteiger partial charge in [-0.2, -0.15) is 0 Å². The van der Waals surface area contributed by atoms with Crippen molar-refractivity contribution in [3.63, 3.8) is 0 Å². The molecule has 3 amide bonds. The molecule has 12 heteroatoms. The highest BCUT2D eigenvalue weighted by atomic mass is 16.4. The van der Waals surface area contributed by atoms with Gasteiger partial charge in [-0.1, -0.05) is 50.6 Å². The van der Waals surface area contributed by atoms with Crippen LogP contribution in [0.3, 0.4) is 0 Å². The summed E-state index contributed by atoms with van der Waals surface area (Å²) in [6.07, 6.45) is 0.811. The standard InChI is InChI=1S/C24H37N5O7/c1-14(2)20(24(35)36)29-23(34)17(12-15-8-4-3-5-9-15)28-22(33)18(13-19(30)31)27-21(32)16(26)10-6-7-11-25/h3-5,8-9,14,16-18,20H,6-7,10-13,25-26H2,1-2H3,(H,27,32)(H,28,33)(H,29,34)(H,30,31)(H,35,36). The second kappa shape index (κ2) is 15.5. The van der Waals surface area contributed by atoms with Crippen molar-refractivity contribution in [3.05, 3.63) is 35.9 Å². The molecule has 0 spiro atoms. The van der Waals surface area contributed by atoms with Gasteiger partial charge >= 0.3 is 11.9 Å². The summed E-state index contributed by atoms with van der Waals surface area (Å²) < 4.78 is 0. The van der Waals surface area contributed by atoms with Crippen LogP contribution in [0.4, 0.5) is 0 Å². The molecule has 200 valence electrons. The van der Waals surface area contributed by atoms with E-state index in [1.54, 1.807) is 44.2 Å². The third kappa shape index (κ3) is 10.8. The Hall–Kier alpha value is -3.51. The second-order valence-corrected chi connectivity index (χ2v) is 8.87. The van der Waals surface area contributed by atoms with Gasteiger partial charge in [0, 0.05) is 6.42 Å². The lowest BCUT2D eigenvalue weighted by Crippen LogP contribution is -2.58. The first-order valence-corrected chi connectivity index (χ1v) is 11.8. The second-order valence-electron chi connectivity index (χ2n) is 8.87. The van der Waals surface area contributed by atoms with E-state index in [0.717, 1.165) is 0 Å². The van der Waals surface area contributed by atoms with E-state index in [4.69, 9.17) is 11.5 Å². The van der Waals surface area contributed by atoms with Gasteiger partial charge in [0.15, 0.2) is 0 Å². The molecule has 0 saturated heterocycles. The van der Waals surface area contributed by atoms with Gasteiger partial charge in [-0.05, 0) is 30.9 Å². The van der Waals surface area contributed by atoms with Crippen LogP contribution in [0.25, 0.3) is 0 Å². The third-order valence-electron chi connectivity index (χ3n) is 5.46. The van der Waals surface area contributed by atoms with Gasteiger partial charge in [0.1, 0.15) is 18.1 Å². The fourth-order valence-corrected chi connectivity index (χ4v) is 3.40. The largest absolute Gasteiger partial charge is 0.481 e. The van der Waals surface area contributed by atoms with Crippen molar-refractivity contribution >= 4 is 29.7 Å². The number of unbranched alkanes of at least 4 members (excludes halogenated alkanes) is 1. The third-order valence-corrected chi connectivity index (χ3v) is 5.46. The number of amides is 3. The molecular formula is C24H37N5O7. The van der Waals surface area contributed by atoms with Gasteiger partial charge in [0.2, 0.25) is 17.7 Å². The van der Waals surface area contributed by atoms with E-state index < -0.39 is 66.2 Å². The smallest absolute Gasteiger partial charge is 0.326 e. The summed E-state index contributed by atoms with van der Waals surface area (Å²) in [4.78, 5) is 61.4. The van der Waals surface area contributed by atoms with Crippen LogP contribution in [0.1, 0.15) is 45.1 Å².